The number of benzene rings is 2. The fraction of sp³-hybridized carbons (Fsp3) is 0.381. The highest BCUT2D eigenvalue weighted by molar-refractivity contribution is 5.59. The Morgan fingerprint density at radius 2 is 1.75 bits per heavy atom. The Morgan fingerprint density at radius 3 is 2.46 bits per heavy atom. The van der Waals surface area contributed by atoms with Crippen molar-refractivity contribution in [2.45, 2.75) is 32.7 Å². The number of para-hydroxylation sites is 1. The Balaban J connectivity index is 1.59. The Labute approximate surface area is 144 Å². The van der Waals surface area contributed by atoms with Gasteiger partial charge in [0.25, 0.3) is 0 Å². The normalized spacial score (nSPS) is 17.2. The molecule has 1 aliphatic rings. The molecule has 0 radical (unpaired) electrons. The van der Waals surface area contributed by atoms with Gasteiger partial charge in [-0.2, -0.15) is 5.26 Å². The molecule has 2 aromatic rings. The van der Waals surface area contributed by atoms with Crippen molar-refractivity contribution in [3.05, 3.63) is 60.2 Å². The van der Waals surface area contributed by atoms with Gasteiger partial charge in [0, 0.05) is 24.3 Å². The third-order valence-corrected chi connectivity index (χ3v) is 4.96. The largest absolute Gasteiger partial charge is 0.356 e. The van der Waals surface area contributed by atoms with Crippen molar-refractivity contribution < 1.29 is 0 Å². The molecule has 0 amide bonds. The van der Waals surface area contributed by atoms with E-state index >= 15 is 0 Å². The molecule has 3 rings (SSSR count). The molecule has 0 aliphatic carbocycles. The summed E-state index contributed by atoms with van der Waals surface area (Å²) in [6.07, 6.45) is 2.91. The Morgan fingerprint density at radius 1 is 1.04 bits per heavy atom. The van der Waals surface area contributed by atoms with Crippen molar-refractivity contribution in [3.8, 4) is 6.07 Å². The van der Waals surface area contributed by atoms with Crippen LogP contribution in [0.1, 0.15) is 31.7 Å². The van der Waals surface area contributed by atoms with Crippen LogP contribution in [0.3, 0.4) is 0 Å². The van der Waals surface area contributed by atoms with Gasteiger partial charge in [-0.25, -0.2) is 0 Å². The van der Waals surface area contributed by atoms with Gasteiger partial charge in [0.1, 0.15) is 0 Å². The van der Waals surface area contributed by atoms with Gasteiger partial charge in [0.05, 0.1) is 6.07 Å². The zero-order valence-electron chi connectivity index (χ0n) is 14.3. The van der Waals surface area contributed by atoms with E-state index in [0.717, 1.165) is 43.9 Å². The van der Waals surface area contributed by atoms with Gasteiger partial charge in [-0.05, 0) is 61.2 Å². The van der Waals surface area contributed by atoms with Crippen molar-refractivity contribution in [3.63, 3.8) is 0 Å². The lowest BCUT2D eigenvalue weighted by atomic mass is 9.78. The van der Waals surface area contributed by atoms with Crippen LogP contribution in [0.4, 0.5) is 11.4 Å². The van der Waals surface area contributed by atoms with Crippen LogP contribution in [0.25, 0.3) is 0 Å². The van der Waals surface area contributed by atoms with Gasteiger partial charge < -0.3 is 5.32 Å². The second-order valence-corrected chi connectivity index (χ2v) is 7.11. The number of nitrogens with zero attached hydrogens (tertiary/aromatic N) is 2. The average molecular weight is 319 g/mol. The number of rotatable bonds is 5. The zero-order valence-corrected chi connectivity index (χ0v) is 14.3. The van der Waals surface area contributed by atoms with E-state index < -0.39 is 0 Å². The maximum atomic E-state index is 8.97. The van der Waals surface area contributed by atoms with Crippen LogP contribution < -0.4 is 5.32 Å². The van der Waals surface area contributed by atoms with E-state index in [2.05, 4.69) is 59.6 Å². The zero-order chi connectivity index (χ0) is 16.8. The van der Waals surface area contributed by atoms with Gasteiger partial charge in [-0.3, -0.25) is 4.90 Å². The first-order chi connectivity index (χ1) is 11.7. The summed E-state index contributed by atoms with van der Waals surface area (Å²) in [5, 5.41) is 12.4. The van der Waals surface area contributed by atoms with Crippen molar-refractivity contribution in [1.82, 2.24) is 4.90 Å². The minimum atomic E-state index is 0.210. The SMILES string of the molecule is CC1(CC#N)CCN(Cc2cccc(Nc3ccccc3)c2)CC1. The molecule has 1 aliphatic heterocycles. The number of hydrogen-bond donors (Lipinski definition) is 1. The molecule has 0 aromatic heterocycles. The molecule has 1 fully saturated rings. The molecule has 2 aromatic carbocycles. The predicted octanol–water partition coefficient (Wildman–Crippen LogP) is 4.95. The molecule has 1 heterocycles. The number of nitriles is 1. The Hall–Kier alpha value is -2.31. The molecule has 1 N–H and O–H groups in total. The highest BCUT2D eigenvalue weighted by Gasteiger charge is 2.29. The molecule has 3 nitrogen and oxygen atoms in total. The lowest BCUT2D eigenvalue weighted by Crippen LogP contribution is -2.38. The third kappa shape index (κ3) is 4.37. The van der Waals surface area contributed by atoms with Gasteiger partial charge in [0.15, 0.2) is 0 Å². The first-order valence-corrected chi connectivity index (χ1v) is 8.67. The van der Waals surface area contributed by atoms with Gasteiger partial charge in [0.2, 0.25) is 0 Å². The Kier molecular flexibility index (Phi) is 5.17. The molecule has 3 heteroatoms. The third-order valence-electron chi connectivity index (χ3n) is 4.96. The van der Waals surface area contributed by atoms with Crippen LogP contribution >= 0.6 is 0 Å². The van der Waals surface area contributed by atoms with Crippen molar-refractivity contribution in [2.75, 3.05) is 18.4 Å². The van der Waals surface area contributed by atoms with Crippen LogP contribution in [0.5, 0.6) is 0 Å². The minimum absolute atomic E-state index is 0.210. The predicted molar refractivity (Wildman–Crippen MR) is 99.0 cm³/mol. The fourth-order valence-corrected chi connectivity index (χ4v) is 3.31. The van der Waals surface area contributed by atoms with E-state index in [9.17, 15) is 0 Å². The monoisotopic (exact) mass is 319 g/mol. The van der Waals surface area contributed by atoms with Gasteiger partial charge in [-0.15, -0.1) is 0 Å². The van der Waals surface area contributed by atoms with Crippen molar-refractivity contribution in [1.29, 1.82) is 5.26 Å². The molecular weight excluding hydrogens is 294 g/mol. The summed E-state index contributed by atoms with van der Waals surface area (Å²) in [5.41, 5.74) is 3.78. The van der Waals surface area contributed by atoms with Crippen LogP contribution in [0.2, 0.25) is 0 Å². The lowest BCUT2D eigenvalue weighted by molar-refractivity contribution is 0.116. The summed E-state index contributed by atoms with van der Waals surface area (Å²) in [5.74, 6) is 0. The van der Waals surface area contributed by atoms with Crippen LogP contribution in [-0.4, -0.2) is 18.0 Å². The summed E-state index contributed by atoms with van der Waals surface area (Å²) in [6.45, 7) is 5.38. The van der Waals surface area contributed by atoms with Crippen LogP contribution in [0.15, 0.2) is 54.6 Å². The second kappa shape index (κ2) is 7.51. The number of likely N-dealkylation sites (tertiary alicyclic amines) is 1. The molecule has 0 spiro atoms. The van der Waals surface area contributed by atoms with Crippen LogP contribution in [0, 0.1) is 16.7 Å². The van der Waals surface area contributed by atoms with Gasteiger partial charge >= 0.3 is 0 Å². The summed E-state index contributed by atoms with van der Waals surface area (Å²) < 4.78 is 0. The molecule has 0 saturated carbocycles. The van der Waals surface area contributed by atoms with E-state index in [-0.39, 0.29) is 5.41 Å². The molecule has 24 heavy (non-hydrogen) atoms. The quantitative estimate of drug-likeness (QED) is 0.848. The topological polar surface area (TPSA) is 39.1 Å². The maximum Gasteiger partial charge on any atom is 0.0627 e. The molecule has 0 unspecified atom stereocenters. The number of anilines is 2. The van der Waals surface area contributed by atoms with E-state index in [4.69, 9.17) is 5.26 Å². The molecule has 1 saturated heterocycles. The second-order valence-electron chi connectivity index (χ2n) is 7.11. The Bertz CT molecular complexity index is 695. The van der Waals surface area contributed by atoms with E-state index in [1.54, 1.807) is 0 Å². The van der Waals surface area contributed by atoms with E-state index in [1.807, 2.05) is 18.2 Å². The molecule has 0 bridgehead atoms. The minimum Gasteiger partial charge on any atom is -0.356 e. The first-order valence-electron chi connectivity index (χ1n) is 8.67. The summed E-state index contributed by atoms with van der Waals surface area (Å²) in [4.78, 5) is 2.50. The van der Waals surface area contributed by atoms with Crippen LogP contribution in [-0.2, 0) is 6.54 Å². The first kappa shape index (κ1) is 16.5. The summed E-state index contributed by atoms with van der Waals surface area (Å²) in [6, 6.07) is 21.3. The molecular formula is C21H25N3. The fourth-order valence-electron chi connectivity index (χ4n) is 3.31. The smallest absolute Gasteiger partial charge is 0.0627 e. The molecule has 124 valence electrons. The van der Waals surface area contributed by atoms with E-state index in [0.29, 0.717) is 6.42 Å². The van der Waals surface area contributed by atoms with Crippen molar-refractivity contribution in [2.24, 2.45) is 5.41 Å². The lowest BCUT2D eigenvalue weighted by Gasteiger charge is -2.38. The van der Waals surface area contributed by atoms with E-state index in [1.165, 1.54) is 5.56 Å². The highest BCUT2D eigenvalue weighted by Crippen LogP contribution is 2.34. The number of piperidine rings is 1. The molecule has 0 atom stereocenters. The maximum absolute atomic E-state index is 8.97. The standard InChI is InChI=1S/C21H25N3/c1-21(10-13-22)11-14-24(15-12-21)17-18-6-5-9-20(16-18)23-19-7-3-2-4-8-19/h2-9,16,23H,10-12,14-15,17H2,1H3. The summed E-state index contributed by atoms with van der Waals surface area (Å²) in [7, 11) is 0. The summed E-state index contributed by atoms with van der Waals surface area (Å²) >= 11 is 0. The highest BCUT2D eigenvalue weighted by atomic mass is 15.1. The average Bonchev–Trinajstić information content (AvgIpc) is 2.59. The number of hydrogen-bond acceptors (Lipinski definition) is 3. The van der Waals surface area contributed by atoms with Gasteiger partial charge in [-0.1, -0.05) is 37.3 Å². The number of nitrogens with one attached hydrogen (secondary N) is 1. The van der Waals surface area contributed by atoms with Crippen molar-refractivity contribution >= 4 is 11.4 Å².